The van der Waals surface area contributed by atoms with E-state index in [-0.39, 0.29) is 31.1 Å². The Morgan fingerprint density at radius 2 is 0.516 bits per heavy atom. The van der Waals surface area contributed by atoms with Crippen LogP contribution < -0.4 is 0 Å². The number of unbranched alkanes of at least 4 members (excludes halogenated alkanes) is 37. The summed E-state index contributed by atoms with van der Waals surface area (Å²) in [5, 5.41) is 0. The second-order valence-electron chi connectivity index (χ2n) is 19.2. The molecule has 0 bridgehead atoms. The number of hydrogen-bond acceptors (Lipinski definition) is 6. The molecule has 0 aromatic carbocycles. The van der Waals surface area contributed by atoms with E-state index in [0.717, 1.165) is 64.2 Å². The highest BCUT2D eigenvalue weighted by Gasteiger charge is 2.19. The van der Waals surface area contributed by atoms with Crippen molar-refractivity contribution in [1.82, 2.24) is 0 Å². The third kappa shape index (κ3) is 50.9. The molecule has 0 radical (unpaired) electrons. The highest BCUT2D eigenvalue weighted by Crippen LogP contribution is 2.16. The van der Waals surface area contributed by atoms with Crippen LogP contribution in [-0.4, -0.2) is 37.2 Å². The summed E-state index contributed by atoms with van der Waals surface area (Å²) in [7, 11) is 0. The van der Waals surface area contributed by atoms with Crippen LogP contribution in [0.5, 0.6) is 0 Å². The average molecular weight is 901 g/mol. The van der Waals surface area contributed by atoms with Gasteiger partial charge in [0.2, 0.25) is 0 Å². The number of allylic oxidation sites excluding steroid dienone is 4. The monoisotopic (exact) mass is 901 g/mol. The van der Waals surface area contributed by atoms with E-state index in [1.807, 2.05) is 0 Å². The summed E-state index contributed by atoms with van der Waals surface area (Å²) in [6, 6.07) is 0. The lowest BCUT2D eigenvalue weighted by atomic mass is 10.0. The van der Waals surface area contributed by atoms with E-state index >= 15 is 0 Å². The van der Waals surface area contributed by atoms with Gasteiger partial charge in [0.25, 0.3) is 0 Å². The topological polar surface area (TPSA) is 78.9 Å². The van der Waals surface area contributed by atoms with Crippen LogP contribution in [-0.2, 0) is 28.6 Å². The van der Waals surface area contributed by atoms with E-state index in [1.54, 1.807) is 0 Å². The summed E-state index contributed by atoms with van der Waals surface area (Å²) in [6.07, 6.45) is 61.6. The molecule has 6 nitrogen and oxygen atoms in total. The largest absolute Gasteiger partial charge is 0.462 e. The van der Waals surface area contributed by atoms with Gasteiger partial charge in [-0.05, 0) is 70.6 Å². The molecule has 0 aromatic heterocycles. The van der Waals surface area contributed by atoms with Gasteiger partial charge >= 0.3 is 17.9 Å². The van der Waals surface area contributed by atoms with Crippen LogP contribution in [0, 0.1) is 0 Å². The molecule has 0 aliphatic rings. The molecular formula is C58H108O6. The summed E-state index contributed by atoms with van der Waals surface area (Å²) < 4.78 is 16.9. The molecule has 0 heterocycles. The third-order valence-corrected chi connectivity index (χ3v) is 12.7. The van der Waals surface area contributed by atoms with Crippen LogP contribution in [0.25, 0.3) is 0 Å². The van der Waals surface area contributed by atoms with Crippen molar-refractivity contribution in [2.24, 2.45) is 0 Å². The number of ether oxygens (including phenoxy) is 3. The van der Waals surface area contributed by atoms with Crippen molar-refractivity contribution in [3.63, 3.8) is 0 Å². The predicted octanol–water partition coefficient (Wildman–Crippen LogP) is 18.7. The summed E-state index contributed by atoms with van der Waals surface area (Å²) in [5.41, 5.74) is 0. The van der Waals surface area contributed by atoms with E-state index in [1.165, 1.54) is 205 Å². The molecule has 6 heteroatoms. The fourth-order valence-corrected chi connectivity index (χ4v) is 8.37. The molecule has 0 saturated carbocycles. The Labute approximate surface area is 398 Å². The summed E-state index contributed by atoms with van der Waals surface area (Å²) in [4.78, 5) is 38.1. The van der Waals surface area contributed by atoms with Crippen molar-refractivity contribution in [2.75, 3.05) is 13.2 Å². The molecule has 1 unspecified atom stereocenters. The average Bonchev–Trinajstić information content (AvgIpc) is 3.29. The number of carbonyl (C=O) groups excluding carboxylic acids is 3. The van der Waals surface area contributed by atoms with Gasteiger partial charge in [0.05, 0.1) is 0 Å². The van der Waals surface area contributed by atoms with Gasteiger partial charge in [-0.3, -0.25) is 14.4 Å². The van der Waals surface area contributed by atoms with Gasteiger partial charge in [0, 0.05) is 19.3 Å². The van der Waals surface area contributed by atoms with Crippen LogP contribution >= 0.6 is 0 Å². The molecule has 376 valence electrons. The van der Waals surface area contributed by atoms with Crippen molar-refractivity contribution in [3.05, 3.63) is 24.3 Å². The molecule has 0 fully saturated rings. The zero-order valence-corrected chi connectivity index (χ0v) is 43.1. The first-order valence-electron chi connectivity index (χ1n) is 28.3. The van der Waals surface area contributed by atoms with Gasteiger partial charge in [-0.15, -0.1) is 0 Å². The van der Waals surface area contributed by atoms with Crippen molar-refractivity contribution in [2.45, 2.75) is 316 Å². The Morgan fingerprint density at radius 1 is 0.297 bits per heavy atom. The van der Waals surface area contributed by atoms with Crippen molar-refractivity contribution < 1.29 is 28.6 Å². The third-order valence-electron chi connectivity index (χ3n) is 12.7. The maximum atomic E-state index is 12.8. The lowest BCUT2D eigenvalue weighted by Gasteiger charge is -2.18. The highest BCUT2D eigenvalue weighted by molar-refractivity contribution is 5.71. The predicted molar refractivity (Wildman–Crippen MR) is 275 cm³/mol. The SMILES string of the molecule is CCCCCCC/C=C\CCCCCCCC(=O)OC(COC(=O)CCCCCCCCCCC/C=C\CCCCCCCC)COC(=O)CCCCCCCCCCCCCCC. The highest BCUT2D eigenvalue weighted by atomic mass is 16.6. The van der Waals surface area contributed by atoms with E-state index in [9.17, 15) is 14.4 Å². The van der Waals surface area contributed by atoms with Gasteiger partial charge < -0.3 is 14.2 Å². The number of carbonyl (C=O) groups is 3. The van der Waals surface area contributed by atoms with E-state index in [4.69, 9.17) is 14.2 Å². The maximum Gasteiger partial charge on any atom is 0.306 e. The van der Waals surface area contributed by atoms with Crippen molar-refractivity contribution >= 4 is 17.9 Å². The number of esters is 3. The molecular weight excluding hydrogens is 793 g/mol. The molecule has 0 aliphatic carbocycles. The van der Waals surface area contributed by atoms with Crippen LogP contribution in [0.4, 0.5) is 0 Å². The molecule has 0 saturated heterocycles. The Kier molecular flexibility index (Phi) is 51.7. The second kappa shape index (κ2) is 53.5. The summed E-state index contributed by atoms with van der Waals surface area (Å²) in [6.45, 7) is 6.66. The van der Waals surface area contributed by atoms with E-state index in [0.29, 0.717) is 19.3 Å². The minimum absolute atomic E-state index is 0.0709. The molecule has 64 heavy (non-hydrogen) atoms. The maximum absolute atomic E-state index is 12.8. The van der Waals surface area contributed by atoms with Crippen molar-refractivity contribution in [1.29, 1.82) is 0 Å². The smallest absolute Gasteiger partial charge is 0.306 e. The second-order valence-corrected chi connectivity index (χ2v) is 19.2. The van der Waals surface area contributed by atoms with Crippen LogP contribution in [0.3, 0.4) is 0 Å². The molecule has 0 rings (SSSR count). The quantitative estimate of drug-likeness (QED) is 0.0262. The van der Waals surface area contributed by atoms with Gasteiger partial charge in [0.1, 0.15) is 13.2 Å². The minimum Gasteiger partial charge on any atom is -0.462 e. The zero-order chi connectivity index (χ0) is 46.5. The molecule has 1 atom stereocenters. The Bertz CT molecular complexity index is 1040. The van der Waals surface area contributed by atoms with Gasteiger partial charge in [-0.2, -0.15) is 0 Å². The first-order valence-corrected chi connectivity index (χ1v) is 28.3. The minimum atomic E-state index is -0.772. The van der Waals surface area contributed by atoms with Crippen LogP contribution in [0.15, 0.2) is 24.3 Å². The summed E-state index contributed by atoms with van der Waals surface area (Å²) in [5.74, 6) is -0.864. The van der Waals surface area contributed by atoms with Crippen LogP contribution in [0.1, 0.15) is 310 Å². The number of rotatable bonds is 52. The van der Waals surface area contributed by atoms with Gasteiger partial charge in [-0.25, -0.2) is 0 Å². The lowest BCUT2D eigenvalue weighted by molar-refractivity contribution is -0.167. The Balaban J connectivity index is 4.31. The first kappa shape index (κ1) is 61.9. The molecule has 0 spiro atoms. The molecule has 0 aromatic rings. The standard InChI is InChI=1S/C58H108O6/c1-4-7-10-13-16-19-22-25-27-28-29-30-31-34-36-39-42-45-48-51-57(60)63-54-55(53-62-56(59)50-47-44-41-38-35-32-24-21-18-15-12-9-6-3)64-58(61)52-49-46-43-40-37-33-26-23-20-17-14-11-8-5-2/h23,25-27,55H,4-22,24,28-54H2,1-3H3/b26-23-,27-25-. The van der Waals surface area contributed by atoms with Crippen molar-refractivity contribution in [3.8, 4) is 0 Å². The lowest BCUT2D eigenvalue weighted by Crippen LogP contribution is -2.30. The van der Waals surface area contributed by atoms with E-state index in [2.05, 4.69) is 45.1 Å². The van der Waals surface area contributed by atoms with Gasteiger partial charge in [-0.1, -0.05) is 244 Å². The number of hydrogen-bond donors (Lipinski definition) is 0. The normalized spacial score (nSPS) is 12.1. The fourth-order valence-electron chi connectivity index (χ4n) is 8.37. The molecule has 0 N–H and O–H groups in total. The summed E-state index contributed by atoms with van der Waals surface area (Å²) >= 11 is 0. The van der Waals surface area contributed by atoms with Crippen LogP contribution in [0.2, 0.25) is 0 Å². The molecule has 0 aliphatic heterocycles. The Hall–Kier alpha value is -2.11. The zero-order valence-electron chi connectivity index (χ0n) is 43.1. The van der Waals surface area contributed by atoms with Gasteiger partial charge in [0.15, 0.2) is 6.10 Å². The Morgan fingerprint density at radius 3 is 0.781 bits per heavy atom. The fraction of sp³-hybridized carbons (Fsp3) is 0.879. The molecule has 0 amide bonds. The van der Waals surface area contributed by atoms with E-state index < -0.39 is 6.10 Å². The first-order chi connectivity index (χ1) is 31.5.